The van der Waals surface area contributed by atoms with Crippen LogP contribution in [0.2, 0.25) is 0 Å². The minimum Gasteiger partial charge on any atom is -0.364 e. The van der Waals surface area contributed by atoms with Crippen molar-refractivity contribution in [3.63, 3.8) is 0 Å². The van der Waals surface area contributed by atoms with Gasteiger partial charge < -0.3 is 14.6 Å². The second-order valence-electron chi connectivity index (χ2n) is 9.65. The van der Waals surface area contributed by atoms with Gasteiger partial charge in [-0.3, -0.25) is 0 Å². The molecule has 3 atom stereocenters. The Morgan fingerprint density at radius 3 is 2.66 bits per heavy atom. The zero-order valence-corrected chi connectivity index (χ0v) is 21.1. The van der Waals surface area contributed by atoms with E-state index in [0.29, 0.717) is 23.4 Å². The molecule has 5 rings (SSSR count). The van der Waals surface area contributed by atoms with E-state index in [2.05, 4.69) is 20.2 Å². The maximum atomic E-state index is 13.7. The molecule has 1 aliphatic carbocycles. The van der Waals surface area contributed by atoms with Gasteiger partial charge in [-0.05, 0) is 51.8 Å². The lowest BCUT2D eigenvalue weighted by Gasteiger charge is -2.44. The van der Waals surface area contributed by atoms with Crippen molar-refractivity contribution in [3.05, 3.63) is 29.4 Å². The molecule has 2 aliphatic rings. The van der Waals surface area contributed by atoms with E-state index in [1.54, 1.807) is 22.6 Å². The smallest absolute Gasteiger partial charge is 0.291 e. The number of aromatic nitrogens is 3. The van der Waals surface area contributed by atoms with Crippen LogP contribution in [0, 0.1) is 0 Å². The van der Waals surface area contributed by atoms with Gasteiger partial charge in [-0.25, -0.2) is 26.3 Å². The number of anilines is 1. The number of nitrogens with one attached hydrogen (secondary N) is 2. The van der Waals surface area contributed by atoms with Gasteiger partial charge in [0.1, 0.15) is 11.6 Å². The molecule has 35 heavy (non-hydrogen) atoms. The van der Waals surface area contributed by atoms with E-state index < -0.39 is 39.7 Å². The molecule has 8 nitrogen and oxygen atoms in total. The first-order valence-corrected chi connectivity index (χ1v) is 13.7. The van der Waals surface area contributed by atoms with Gasteiger partial charge in [0.15, 0.2) is 10.0 Å². The largest absolute Gasteiger partial charge is 0.364 e. The molecule has 1 saturated heterocycles. The Morgan fingerprint density at radius 2 is 2.03 bits per heavy atom. The summed E-state index contributed by atoms with van der Waals surface area (Å²) in [4.78, 5) is 2.05. The highest BCUT2D eigenvalue weighted by Gasteiger charge is 2.42. The summed E-state index contributed by atoms with van der Waals surface area (Å²) < 4.78 is 71.1. The second kappa shape index (κ2) is 8.71. The van der Waals surface area contributed by atoms with Gasteiger partial charge in [-0.2, -0.15) is 0 Å². The lowest BCUT2D eigenvalue weighted by Crippen LogP contribution is -2.61. The van der Waals surface area contributed by atoms with Crippen molar-refractivity contribution < 1.29 is 21.6 Å². The van der Waals surface area contributed by atoms with Gasteiger partial charge in [0, 0.05) is 30.4 Å². The fourth-order valence-corrected chi connectivity index (χ4v) is 6.67. The molecule has 0 radical (unpaired) electrons. The second-order valence-corrected chi connectivity index (χ2v) is 12.3. The molecule has 13 heteroatoms. The molecule has 4 heterocycles. The molecule has 0 aromatic carbocycles. The van der Waals surface area contributed by atoms with Crippen molar-refractivity contribution in [2.75, 3.05) is 18.1 Å². The summed E-state index contributed by atoms with van der Waals surface area (Å²) in [5.41, 5.74) is 1.27. The van der Waals surface area contributed by atoms with Crippen LogP contribution >= 0.6 is 11.3 Å². The number of piperazine rings is 1. The van der Waals surface area contributed by atoms with E-state index in [0.717, 1.165) is 24.2 Å². The van der Waals surface area contributed by atoms with Gasteiger partial charge in [-0.1, -0.05) is 11.3 Å². The first-order chi connectivity index (χ1) is 16.5. The first-order valence-electron chi connectivity index (χ1n) is 11.4. The monoisotopic (exact) mass is 528 g/mol. The highest BCUT2D eigenvalue weighted by Crippen LogP contribution is 2.38. The van der Waals surface area contributed by atoms with Crippen LogP contribution in [0.15, 0.2) is 29.3 Å². The van der Waals surface area contributed by atoms with Crippen LogP contribution in [0.3, 0.4) is 0 Å². The van der Waals surface area contributed by atoms with E-state index in [1.807, 2.05) is 25.7 Å². The van der Waals surface area contributed by atoms with Gasteiger partial charge in [0.25, 0.3) is 6.43 Å². The SMILES string of the molecule is CC1NC(CF)CN(c2cc(S(=O)(=O)NC3(C)CC3)cn3c(-c4nnc(C(F)F)s4)ccc23)C1C. The summed E-state index contributed by atoms with van der Waals surface area (Å²) in [5, 5.41) is 10.6. The van der Waals surface area contributed by atoms with Crippen molar-refractivity contribution in [1.82, 2.24) is 24.6 Å². The van der Waals surface area contributed by atoms with Gasteiger partial charge >= 0.3 is 0 Å². The van der Waals surface area contributed by atoms with Crippen molar-refractivity contribution in [2.24, 2.45) is 0 Å². The van der Waals surface area contributed by atoms with E-state index in [-0.39, 0.29) is 22.0 Å². The van der Waals surface area contributed by atoms with Crippen LogP contribution in [0.1, 0.15) is 45.0 Å². The molecule has 1 aliphatic heterocycles. The van der Waals surface area contributed by atoms with Gasteiger partial charge in [0.2, 0.25) is 10.0 Å². The third-order valence-electron chi connectivity index (χ3n) is 6.88. The Balaban J connectivity index is 1.68. The van der Waals surface area contributed by atoms with Crippen LogP contribution in [-0.2, 0) is 10.0 Å². The Labute approximate surface area is 205 Å². The minimum absolute atomic E-state index is 0.0411. The predicted molar refractivity (Wildman–Crippen MR) is 128 cm³/mol. The Bertz CT molecular complexity index is 1350. The number of rotatable bonds is 7. The number of halogens is 3. The zero-order valence-electron chi connectivity index (χ0n) is 19.5. The summed E-state index contributed by atoms with van der Waals surface area (Å²) in [7, 11) is -3.88. The fraction of sp³-hybridized carbons (Fsp3) is 0.545. The molecular weight excluding hydrogens is 501 g/mol. The molecule has 190 valence electrons. The summed E-state index contributed by atoms with van der Waals surface area (Å²) in [6.07, 6.45) is 0.237. The van der Waals surface area contributed by atoms with Crippen LogP contribution < -0.4 is 14.9 Å². The highest BCUT2D eigenvalue weighted by molar-refractivity contribution is 7.89. The molecule has 0 amide bonds. The number of hydrogen-bond donors (Lipinski definition) is 2. The molecule has 1 saturated carbocycles. The molecule has 0 spiro atoms. The maximum Gasteiger partial charge on any atom is 0.291 e. The van der Waals surface area contributed by atoms with Gasteiger partial charge in [-0.15, -0.1) is 10.2 Å². The van der Waals surface area contributed by atoms with E-state index in [9.17, 15) is 21.6 Å². The topological polar surface area (TPSA) is 91.6 Å². The number of fused-ring (bicyclic) bond motifs is 1. The van der Waals surface area contributed by atoms with Crippen LogP contribution in [0.5, 0.6) is 0 Å². The van der Waals surface area contributed by atoms with E-state index in [1.165, 1.54) is 6.20 Å². The van der Waals surface area contributed by atoms with Crippen LogP contribution in [0.4, 0.5) is 18.9 Å². The third-order valence-corrected chi connectivity index (χ3v) is 9.44. The van der Waals surface area contributed by atoms with Crippen molar-refractivity contribution in [2.45, 2.75) is 68.6 Å². The van der Waals surface area contributed by atoms with Crippen molar-refractivity contribution in [1.29, 1.82) is 0 Å². The molecule has 3 aromatic rings. The van der Waals surface area contributed by atoms with Crippen molar-refractivity contribution in [3.8, 4) is 10.7 Å². The Morgan fingerprint density at radius 1 is 1.29 bits per heavy atom. The maximum absolute atomic E-state index is 13.7. The predicted octanol–water partition coefficient (Wildman–Crippen LogP) is 3.75. The molecule has 3 unspecified atom stereocenters. The molecule has 2 N–H and O–H groups in total. The average molecular weight is 529 g/mol. The molecule has 2 fully saturated rings. The molecular formula is C22H27F3N6O2S2. The minimum atomic E-state index is -3.88. The lowest BCUT2D eigenvalue weighted by molar-refractivity contribution is 0.150. The summed E-state index contributed by atoms with van der Waals surface area (Å²) in [6, 6.07) is 4.62. The zero-order chi connectivity index (χ0) is 25.1. The van der Waals surface area contributed by atoms with Crippen molar-refractivity contribution >= 4 is 32.6 Å². The summed E-state index contributed by atoms with van der Waals surface area (Å²) in [6.45, 7) is 5.60. The normalized spacial score (nSPS) is 24.4. The van der Waals surface area contributed by atoms with E-state index in [4.69, 9.17) is 0 Å². The lowest BCUT2D eigenvalue weighted by atomic mass is 10.0. The number of nitrogens with zero attached hydrogens (tertiary/aromatic N) is 4. The number of pyridine rings is 1. The molecule has 0 bridgehead atoms. The van der Waals surface area contributed by atoms with Crippen LogP contribution in [-0.4, -0.2) is 59.9 Å². The summed E-state index contributed by atoms with van der Waals surface area (Å²) >= 11 is 0.762. The van der Waals surface area contributed by atoms with Gasteiger partial charge in [0.05, 0.1) is 22.9 Å². The third kappa shape index (κ3) is 4.54. The standard InChI is InChI=1S/C22H27F3N6O2S2/c1-12-13(2)30(10-14(9-23)26-12)18-8-15(35(32,33)29-22(3)6-7-22)11-31-16(18)4-5-17(31)20-27-28-21(34-20)19(24)25/h4-5,8,11-14,19,26,29H,6-7,9-10H2,1-3H3. The Kier molecular flexibility index (Phi) is 6.09. The first kappa shape index (κ1) is 24.5. The highest BCUT2D eigenvalue weighted by atomic mass is 32.2. The number of sulfonamides is 1. The number of alkyl halides is 3. The summed E-state index contributed by atoms with van der Waals surface area (Å²) in [5.74, 6) is 0. The quantitative estimate of drug-likeness (QED) is 0.486. The average Bonchev–Trinajstić information content (AvgIpc) is 3.19. The Hall–Kier alpha value is -2.22. The van der Waals surface area contributed by atoms with E-state index >= 15 is 0 Å². The molecule has 3 aromatic heterocycles. The fourth-order valence-electron chi connectivity index (χ4n) is 4.47. The van der Waals surface area contributed by atoms with Crippen LogP contribution in [0.25, 0.3) is 16.2 Å². The number of hydrogen-bond acceptors (Lipinski definition) is 7.